The van der Waals surface area contributed by atoms with Crippen LogP contribution in [0.4, 0.5) is 0 Å². The van der Waals surface area contributed by atoms with Crippen LogP contribution in [-0.4, -0.2) is 35.2 Å². The number of carboxylic acid groups (broad SMARTS) is 1. The Labute approximate surface area is 109 Å². The highest BCUT2D eigenvalue weighted by Gasteiger charge is 2.10. The third-order valence-corrected chi connectivity index (χ3v) is 3.23. The monoisotopic (exact) mass is 275 g/mol. The summed E-state index contributed by atoms with van der Waals surface area (Å²) in [6, 6.07) is 6.27. The van der Waals surface area contributed by atoms with Crippen LogP contribution in [0, 0.1) is 0 Å². The highest BCUT2D eigenvalue weighted by atomic mass is 35.5. The van der Waals surface area contributed by atoms with Gasteiger partial charge in [-0.15, -0.1) is 0 Å². The van der Waals surface area contributed by atoms with Gasteiger partial charge in [-0.2, -0.15) is 11.8 Å². The fourth-order valence-corrected chi connectivity index (χ4v) is 1.92. The van der Waals surface area contributed by atoms with E-state index in [2.05, 4.69) is 0 Å². The molecule has 17 heavy (non-hydrogen) atoms. The molecule has 3 N–H and O–H groups in total. The first-order valence-corrected chi connectivity index (χ1v) is 6.57. The van der Waals surface area contributed by atoms with Crippen molar-refractivity contribution in [2.45, 2.75) is 6.04 Å². The van der Waals surface area contributed by atoms with E-state index in [1.807, 2.05) is 0 Å². The molecule has 1 aromatic carbocycles. The molecule has 0 saturated carbocycles. The number of ether oxygens (including phenoxy) is 1. The van der Waals surface area contributed by atoms with Crippen LogP contribution in [0.3, 0.4) is 0 Å². The Hall–Kier alpha value is -0.910. The van der Waals surface area contributed by atoms with E-state index in [-0.39, 0.29) is 0 Å². The zero-order valence-corrected chi connectivity index (χ0v) is 10.7. The van der Waals surface area contributed by atoms with Crippen LogP contribution in [0.5, 0.6) is 5.75 Å². The molecule has 0 heterocycles. The summed E-state index contributed by atoms with van der Waals surface area (Å²) < 4.78 is 5.44. The van der Waals surface area contributed by atoms with Gasteiger partial charge in [0.25, 0.3) is 0 Å². The van der Waals surface area contributed by atoms with Gasteiger partial charge in [0, 0.05) is 16.5 Å². The SMILES string of the molecule is NC(CSCCOc1ccc(Cl)cc1)C(=O)O. The van der Waals surface area contributed by atoms with Gasteiger partial charge in [-0.3, -0.25) is 4.79 Å². The Balaban J connectivity index is 2.12. The molecule has 1 atom stereocenters. The molecule has 0 bridgehead atoms. The molecule has 1 rings (SSSR count). The molecule has 0 saturated heterocycles. The molecule has 0 aliphatic carbocycles. The lowest BCUT2D eigenvalue weighted by atomic mass is 10.3. The summed E-state index contributed by atoms with van der Waals surface area (Å²) in [4.78, 5) is 10.4. The number of aliphatic carboxylic acids is 1. The topological polar surface area (TPSA) is 72.5 Å². The van der Waals surface area contributed by atoms with Crippen LogP contribution >= 0.6 is 23.4 Å². The number of nitrogens with two attached hydrogens (primary N) is 1. The summed E-state index contributed by atoms with van der Waals surface area (Å²) in [6.07, 6.45) is 0. The van der Waals surface area contributed by atoms with Crippen molar-refractivity contribution in [3.8, 4) is 5.75 Å². The van der Waals surface area contributed by atoms with Crippen molar-refractivity contribution in [2.24, 2.45) is 5.73 Å². The first kappa shape index (κ1) is 14.2. The van der Waals surface area contributed by atoms with Crippen LogP contribution in [-0.2, 0) is 4.79 Å². The van der Waals surface area contributed by atoms with Gasteiger partial charge < -0.3 is 15.6 Å². The van der Waals surface area contributed by atoms with E-state index in [0.29, 0.717) is 23.1 Å². The van der Waals surface area contributed by atoms with E-state index >= 15 is 0 Å². The van der Waals surface area contributed by atoms with Crippen molar-refractivity contribution in [2.75, 3.05) is 18.1 Å². The Morgan fingerprint density at radius 2 is 2.12 bits per heavy atom. The lowest BCUT2D eigenvalue weighted by molar-refractivity contribution is -0.137. The molecule has 0 spiro atoms. The Bertz CT molecular complexity index is 358. The Morgan fingerprint density at radius 1 is 1.47 bits per heavy atom. The lowest BCUT2D eigenvalue weighted by Crippen LogP contribution is -2.32. The van der Waals surface area contributed by atoms with Crippen molar-refractivity contribution in [1.29, 1.82) is 0 Å². The highest BCUT2D eigenvalue weighted by molar-refractivity contribution is 7.99. The predicted octanol–water partition coefficient (Wildman–Crippen LogP) is 1.86. The van der Waals surface area contributed by atoms with Crippen molar-refractivity contribution in [3.05, 3.63) is 29.3 Å². The van der Waals surface area contributed by atoms with Gasteiger partial charge in [0.15, 0.2) is 0 Å². The van der Waals surface area contributed by atoms with E-state index in [1.165, 1.54) is 11.8 Å². The van der Waals surface area contributed by atoms with E-state index in [9.17, 15) is 4.79 Å². The highest BCUT2D eigenvalue weighted by Crippen LogP contribution is 2.15. The average Bonchev–Trinajstić information content (AvgIpc) is 2.30. The fraction of sp³-hybridized carbons (Fsp3) is 0.364. The van der Waals surface area contributed by atoms with Crippen LogP contribution in [0.2, 0.25) is 5.02 Å². The summed E-state index contributed by atoms with van der Waals surface area (Å²) in [7, 11) is 0. The van der Waals surface area contributed by atoms with Crippen molar-refractivity contribution >= 4 is 29.3 Å². The van der Waals surface area contributed by atoms with Gasteiger partial charge in [-0.25, -0.2) is 0 Å². The standard InChI is InChI=1S/C11H14ClNO3S/c12-8-1-3-9(4-2-8)16-5-6-17-7-10(13)11(14)15/h1-4,10H,5-7,13H2,(H,14,15). The first-order valence-electron chi connectivity index (χ1n) is 5.04. The number of hydrogen-bond donors (Lipinski definition) is 2. The largest absolute Gasteiger partial charge is 0.493 e. The number of carboxylic acids is 1. The first-order chi connectivity index (χ1) is 8.09. The second-order valence-corrected chi connectivity index (χ2v) is 4.91. The van der Waals surface area contributed by atoms with E-state index in [4.69, 9.17) is 27.2 Å². The maximum Gasteiger partial charge on any atom is 0.321 e. The van der Waals surface area contributed by atoms with E-state index in [1.54, 1.807) is 24.3 Å². The minimum absolute atomic E-state index is 0.388. The normalized spacial score (nSPS) is 12.1. The van der Waals surface area contributed by atoms with Gasteiger partial charge in [-0.05, 0) is 24.3 Å². The van der Waals surface area contributed by atoms with Crippen LogP contribution in [0.1, 0.15) is 0 Å². The van der Waals surface area contributed by atoms with Gasteiger partial charge >= 0.3 is 5.97 Å². The number of halogens is 1. The molecular weight excluding hydrogens is 262 g/mol. The second-order valence-electron chi connectivity index (χ2n) is 3.32. The molecule has 0 radical (unpaired) electrons. The molecule has 1 aromatic rings. The summed E-state index contributed by atoms with van der Waals surface area (Å²) in [5.74, 6) is 0.858. The summed E-state index contributed by atoms with van der Waals surface area (Å²) in [6.45, 7) is 0.513. The summed E-state index contributed by atoms with van der Waals surface area (Å²) >= 11 is 7.19. The van der Waals surface area contributed by atoms with Crippen molar-refractivity contribution in [1.82, 2.24) is 0 Å². The summed E-state index contributed by atoms with van der Waals surface area (Å²) in [5.41, 5.74) is 5.35. The third-order valence-electron chi connectivity index (χ3n) is 1.92. The van der Waals surface area contributed by atoms with Gasteiger partial charge in [0.05, 0.1) is 6.61 Å². The lowest BCUT2D eigenvalue weighted by Gasteiger charge is -2.07. The maximum atomic E-state index is 10.4. The van der Waals surface area contributed by atoms with Gasteiger partial charge in [-0.1, -0.05) is 11.6 Å². The average molecular weight is 276 g/mol. The molecule has 0 amide bonds. The number of thioether (sulfide) groups is 1. The number of carbonyl (C=O) groups is 1. The molecule has 0 aliphatic rings. The molecule has 4 nitrogen and oxygen atoms in total. The van der Waals surface area contributed by atoms with Gasteiger partial charge in [0.1, 0.15) is 11.8 Å². The molecular formula is C11H14ClNO3S. The number of hydrogen-bond acceptors (Lipinski definition) is 4. The zero-order chi connectivity index (χ0) is 12.7. The van der Waals surface area contributed by atoms with Gasteiger partial charge in [0.2, 0.25) is 0 Å². The Morgan fingerprint density at radius 3 is 2.71 bits per heavy atom. The number of rotatable bonds is 7. The van der Waals surface area contributed by atoms with Crippen molar-refractivity contribution < 1.29 is 14.6 Å². The van der Waals surface area contributed by atoms with E-state index < -0.39 is 12.0 Å². The smallest absolute Gasteiger partial charge is 0.321 e. The fourth-order valence-electron chi connectivity index (χ4n) is 1.03. The number of benzene rings is 1. The van der Waals surface area contributed by atoms with E-state index in [0.717, 1.165) is 5.75 Å². The zero-order valence-electron chi connectivity index (χ0n) is 9.14. The van der Waals surface area contributed by atoms with Crippen molar-refractivity contribution in [3.63, 3.8) is 0 Å². The minimum atomic E-state index is -0.976. The summed E-state index contributed by atoms with van der Waals surface area (Å²) in [5, 5.41) is 9.23. The molecule has 6 heteroatoms. The quantitative estimate of drug-likeness (QED) is 0.743. The Kier molecular flexibility index (Phi) is 6.18. The predicted molar refractivity (Wildman–Crippen MR) is 69.9 cm³/mol. The van der Waals surface area contributed by atoms with Crippen LogP contribution in [0.15, 0.2) is 24.3 Å². The molecule has 0 aromatic heterocycles. The molecule has 0 fully saturated rings. The van der Waals surface area contributed by atoms with Crippen LogP contribution < -0.4 is 10.5 Å². The van der Waals surface area contributed by atoms with Crippen LogP contribution in [0.25, 0.3) is 0 Å². The molecule has 0 aliphatic heterocycles. The molecule has 1 unspecified atom stereocenters. The second kappa shape index (κ2) is 7.42. The minimum Gasteiger partial charge on any atom is -0.493 e. The molecule has 94 valence electrons. The maximum absolute atomic E-state index is 10.4. The third kappa shape index (κ3) is 5.81.